The number of Topliss-reactive ketones (excluding diaryl/α,β-unsaturated/α-hetero) is 3. The Labute approximate surface area is 561 Å². The molecule has 3 atom stereocenters. The van der Waals surface area contributed by atoms with Crippen molar-refractivity contribution in [2.24, 2.45) is 5.73 Å². The van der Waals surface area contributed by atoms with Gasteiger partial charge in [0.1, 0.15) is 37.2 Å². The molecule has 0 spiro atoms. The van der Waals surface area contributed by atoms with E-state index in [1.54, 1.807) is 99.8 Å². The number of hydrogen-bond acceptors (Lipinski definition) is 26. The van der Waals surface area contributed by atoms with Crippen molar-refractivity contribution in [2.75, 3.05) is 196 Å². The number of hydrogen-bond donors (Lipinski definition) is 9. The molecule has 0 aliphatic carbocycles. The molecule has 26 nitrogen and oxygen atoms in total. The number of nitrogens with one attached hydrogen (secondary N) is 8. The van der Waals surface area contributed by atoms with E-state index in [4.69, 9.17) is 43.6 Å². The Morgan fingerprint density at radius 3 is 0.967 bits per heavy atom. The fraction of sp³-hybridized carbons (Fsp3) is 0.845. The van der Waals surface area contributed by atoms with Gasteiger partial charge in [-0.2, -0.15) is 0 Å². The van der Waals surface area contributed by atoms with Gasteiger partial charge in [0, 0.05) is 82.3 Å². The molecule has 0 aliphatic heterocycles. The molecule has 10 N–H and O–H groups in total. The lowest BCUT2D eigenvalue weighted by Crippen LogP contribution is -2.39. The molecule has 0 saturated carbocycles. The van der Waals surface area contributed by atoms with E-state index in [0.29, 0.717) is 151 Å². The summed E-state index contributed by atoms with van der Waals surface area (Å²) in [4.78, 5) is 103. The summed E-state index contributed by atoms with van der Waals surface area (Å²) in [5.41, 5.74) is 5.24. The second-order valence-electron chi connectivity index (χ2n) is 19.5. The standard InChI is InChI=1S/C20H39N3O6S2.C19H38N4O6S2.C19H36N2O5S2/c1-17(24)18(21-2)6-4-5-8-22-20(26)16-29-14-13-28-12-11-27-10-9-23-19(25)7-15-31-30-3;1-21-16(19(20)26)5-3-4-7-22-18(25)15-29-13-12-28-11-10-27-9-8-23-17(24)6-14-31-30-2;1-16(22)18(20-2)8-4-5-10-21-19(24)15-26-13-12-25-11-6-7-17(23)9-14-28-27-3/h18,21H,4-16H2,1-3H3,(H,22,26)(H,23,25);16,21H,3-15H2,1-2H3,(H2,20,26)(H,22,25)(H,23,24);18,20H,4-15H2,1-3H3,(H,21,24). The first-order valence-electron chi connectivity index (χ1n) is 30.8. The molecule has 32 heteroatoms. The summed E-state index contributed by atoms with van der Waals surface area (Å²) in [6.45, 7) is 11.2. The molecule has 0 heterocycles. The number of ketones is 3. The van der Waals surface area contributed by atoms with Crippen molar-refractivity contribution < 1.29 is 81.0 Å². The smallest absolute Gasteiger partial charge is 0.245 e. The Kier molecular flexibility index (Phi) is 73.7. The van der Waals surface area contributed by atoms with E-state index in [2.05, 4.69) is 42.5 Å². The maximum atomic E-state index is 11.7. The van der Waals surface area contributed by atoms with E-state index in [-0.39, 0.29) is 90.7 Å². The summed E-state index contributed by atoms with van der Waals surface area (Å²) < 4.78 is 42.7. The minimum absolute atomic E-state index is 0.00158. The van der Waals surface area contributed by atoms with E-state index >= 15 is 0 Å². The third kappa shape index (κ3) is 69.8. The van der Waals surface area contributed by atoms with Crippen LogP contribution in [0, 0.1) is 0 Å². The highest BCUT2D eigenvalue weighted by Gasteiger charge is 2.14. The zero-order valence-electron chi connectivity index (χ0n) is 55.1. The second kappa shape index (κ2) is 72.3. The van der Waals surface area contributed by atoms with Crippen molar-refractivity contribution in [3.63, 3.8) is 0 Å². The van der Waals surface area contributed by atoms with Crippen LogP contribution in [-0.2, 0) is 81.0 Å². The van der Waals surface area contributed by atoms with Gasteiger partial charge in [0.05, 0.1) is 97.4 Å². The van der Waals surface area contributed by atoms with Gasteiger partial charge in [0.25, 0.3) is 0 Å². The summed E-state index contributed by atoms with van der Waals surface area (Å²) in [6.07, 6.45) is 16.0. The molecule has 0 fully saturated rings. The molecule has 0 aliphatic rings. The van der Waals surface area contributed by atoms with Gasteiger partial charge in [0.15, 0.2) is 0 Å². The first-order chi connectivity index (χ1) is 43.5. The number of carbonyl (C=O) groups excluding carboxylic acids is 9. The van der Waals surface area contributed by atoms with Crippen molar-refractivity contribution in [1.29, 1.82) is 0 Å². The van der Waals surface area contributed by atoms with Gasteiger partial charge in [-0.1, -0.05) is 64.8 Å². The third-order valence-electron chi connectivity index (χ3n) is 12.2. The Morgan fingerprint density at radius 2 is 0.644 bits per heavy atom. The average molecular weight is 1400 g/mol. The predicted octanol–water partition coefficient (Wildman–Crippen LogP) is 3.16. The van der Waals surface area contributed by atoms with E-state index in [0.717, 1.165) is 75.0 Å². The highest BCUT2D eigenvalue weighted by molar-refractivity contribution is 8.77. The topological polar surface area (TPSA) is 350 Å². The number of primary amides is 1. The molecule has 6 amide bonds. The minimum Gasteiger partial charge on any atom is -0.379 e. The van der Waals surface area contributed by atoms with Gasteiger partial charge in [-0.3, -0.25) is 43.2 Å². The van der Waals surface area contributed by atoms with Crippen molar-refractivity contribution in [3.05, 3.63) is 0 Å². The first kappa shape index (κ1) is 91.7. The molecule has 0 aromatic rings. The van der Waals surface area contributed by atoms with Crippen LogP contribution in [0.5, 0.6) is 0 Å². The number of ether oxygens (including phenoxy) is 8. The Bertz CT molecular complexity index is 1720. The van der Waals surface area contributed by atoms with Crippen molar-refractivity contribution in [2.45, 2.75) is 122 Å². The van der Waals surface area contributed by atoms with E-state index in [1.165, 1.54) is 0 Å². The summed E-state index contributed by atoms with van der Waals surface area (Å²) >= 11 is 0. The molecular weight excluding hydrogens is 1290 g/mol. The van der Waals surface area contributed by atoms with Crippen LogP contribution in [0.25, 0.3) is 0 Å². The third-order valence-corrected chi connectivity index (χ3v) is 17.6. The lowest BCUT2D eigenvalue weighted by Gasteiger charge is -2.12. The normalized spacial score (nSPS) is 11.9. The van der Waals surface area contributed by atoms with Gasteiger partial charge < -0.3 is 86.2 Å². The molecule has 90 heavy (non-hydrogen) atoms. The number of amides is 6. The van der Waals surface area contributed by atoms with Crippen LogP contribution >= 0.6 is 64.8 Å². The van der Waals surface area contributed by atoms with Gasteiger partial charge in [-0.25, -0.2) is 0 Å². The summed E-state index contributed by atoms with van der Waals surface area (Å²) in [6, 6.07) is -0.537. The molecule has 3 unspecified atom stereocenters. The number of rotatable bonds is 64. The highest BCUT2D eigenvalue weighted by atomic mass is 33.1. The lowest BCUT2D eigenvalue weighted by atomic mass is 10.1. The molecule has 0 aromatic heterocycles. The average Bonchev–Trinajstić information content (AvgIpc) is 3.53. The number of carbonyl (C=O) groups is 9. The van der Waals surface area contributed by atoms with Crippen LogP contribution in [0.4, 0.5) is 0 Å². The highest BCUT2D eigenvalue weighted by Crippen LogP contribution is 2.19. The molecule has 0 aromatic carbocycles. The number of nitrogens with two attached hydrogens (primary N) is 1. The molecule has 0 rings (SSSR count). The van der Waals surface area contributed by atoms with Gasteiger partial charge in [-0.05, 0) is 118 Å². The Morgan fingerprint density at radius 1 is 0.344 bits per heavy atom. The number of unbranched alkanes of at least 4 members (excludes halogenated alkanes) is 3. The monoisotopic (exact) mass is 1400 g/mol. The SMILES string of the molecule is CNC(CCCCNC(=O)COCCOCCCC(=O)CCSSC)C(C)=O.CNC(CCCCNC(=O)COCCOCCOCCNC(=O)CCSSC)C(C)=O.CNC(CCCCNC(=O)COCCOCCOCCNC(=O)CCSSC)C(N)=O. The number of likely N-dealkylation sites (N-methyl/N-ethyl adjacent to an activating group) is 3. The molecular formula is C58H113N9O17S6. The van der Waals surface area contributed by atoms with E-state index in [1.807, 2.05) is 18.8 Å². The van der Waals surface area contributed by atoms with Crippen LogP contribution in [-0.4, -0.2) is 267 Å². The van der Waals surface area contributed by atoms with E-state index < -0.39 is 0 Å². The van der Waals surface area contributed by atoms with Crippen LogP contribution in [0.2, 0.25) is 0 Å². The van der Waals surface area contributed by atoms with Crippen molar-refractivity contribution in [1.82, 2.24) is 42.5 Å². The van der Waals surface area contributed by atoms with Crippen molar-refractivity contribution >= 4 is 118 Å². The van der Waals surface area contributed by atoms with Crippen molar-refractivity contribution in [3.8, 4) is 0 Å². The fourth-order valence-corrected chi connectivity index (χ4v) is 10.9. The Balaban J connectivity index is -0.00000126. The second-order valence-corrected chi connectivity index (χ2v) is 27.5. The maximum Gasteiger partial charge on any atom is 0.245 e. The summed E-state index contributed by atoms with van der Waals surface area (Å²) in [5, 5.41) is 22.8. The van der Waals surface area contributed by atoms with Crippen LogP contribution < -0.4 is 48.3 Å². The van der Waals surface area contributed by atoms with Gasteiger partial charge in [-0.15, -0.1) is 0 Å². The molecule has 0 bridgehead atoms. The Hall–Kier alpha value is -2.51. The quantitative estimate of drug-likeness (QED) is 0.0312. The van der Waals surface area contributed by atoms with Gasteiger partial charge in [0.2, 0.25) is 35.4 Å². The zero-order valence-corrected chi connectivity index (χ0v) is 60.0. The molecule has 528 valence electrons. The maximum absolute atomic E-state index is 11.7. The lowest BCUT2D eigenvalue weighted by molar-refractivity contribution is -0.127. The predicted molar refractivity (Wildman–Crippen MR) is 368 cm³/mol. The summed E-state index contributed by atoms with van der Waals surface area (Å²) in [5.74, 6) is 2.25. The zero-order chi connectivity index (χ0) is 67.4. The fourth-order valence-electron chi connectivity index (χ4n) is 7.25. The largest absolute Gasteiger partial charge is 0.379 e. The van der Waals surface area contributed by atoms with Crippen LogP contribution in [0.1, 0.15) is 104 Å². The van der Waals surface area contributed by atoms with E-state index in [9.17, 15) is 43.2 Å². The molecule has 0 saturated heterocycles. The molecule has 0 radical (unpaired) electrons. The minimum atomic E-state index is -0.367. The first-order valence-corrected chi connectivity index (χ1v) is 39.0. The van der Waals surface area contributed by atoms with Crippen LogP contribution in [0.15, 0.2) is 0 Å². The summed E-state index contributed by atoms with van der Waals surface area (Å²) in [7, 11) is 15.3. The van der Waals surface area contributed by atoms with Crippen LogP contribution in [0.3, 0.4) is 0 Å². The van der Waals surface area contributed by atoms with Gasteiger partial charge >= 0.3 is 0 Å².